The highest BCUT2D eigenvalue weighted by Gasteiger charge is 2.15. The Morgan fingerprint density at radius 2 is 2.10 bits per heavy atom. The van der Waals surface area contributed by atoms with Gasteiger partial charge in [-0.1, -0.05) is 23.7 Å². The fraction of sp³-hybridized carbons (Fsp3) is 0.357. The number of anilines is 1. The minimum Gasteiger partial charge on any atom is -0.480 e. The van der Waals surface area contributed by atoms with Crippen molar-refractivity contribution >= 4 is 23.3 Å². The molecule has 6 nitrogen and oxygen atoms in total. The summed E-state index contributed by atoms with van der Waals surface area (Å²) in [4.78, 5) is 16.9. The first-order chi connectivity index (χ1) is 10.1. The fourth-order valence-corrected chi connectivity index (χ4v) is 2.02. The van der Waals surface area contributed by atoms with Crippen molar-refractivity contribution in [2.45, 2.75) is 26.3 Å². The van der Waals surface area contributed by atoms with Crippen molar-refractivity contribution in [3.63, 3.8) is 0 Å². The van der Waals surface area contributed by atoms with E-state index >= 15 is 0 Å². The number of hydrogen-bond acceptors (Lipinski definition) is 5. The van der Waals surface area contributed by atoms with E-state index in [0.29, 0.717) is 23.2 Å². The minimum absolute atomic E-state index is 0.153. The molecule has 2 rings (SSSR count). The number of rotatable bonds is 7. The van der Waals surface area contributed by atoms with E-state index in [1.165, 1.54) is 0 Å². The first-order valence-electron chi connectivity index (χ1n) is 6.62. The number of carboxylic acid groups (broad SMARTS) is 1. The molecule has 0 unspecified atom stereocenters. The Bertz CT molecular complexity index is 598. The summed E-state index contributed by atoms with van der Waals surface area (Å²) in [6.45, 7) is 2.13. The number of carboxylic acids is 1. The zero-order valence-corrected chi connectivity index (χ0v) is 12.4. The quantitative estimate of drug-likeness (QED) is 0.847. The highest BCUT2D eigenvalue weighted by atomic mass is 35.5. The van der Waals surface area contributed by atoms with E-state index in [1.807, 2.05) is 6.92 Å². The van der Waals surface area contributed by atoms with Crippen LogP contribution in [0.25, 0.3) is 0 Å². The van der Waals surface area contributed by atoms with Crippen LogP contribution in [0.3, 0.4) is 0 Å². The van der Waals surface area contributed by atoms with E-state index < -0.39 is 5.97 Å². The van der Waals surface area contributed by atoms with Gasteiger partial charge in [0.1, 0.15) is 6.54 Å². The molecule has 1 N–H and O–H groups in total. The van der Waals surface area contributed by atoms with Gasteiger partial charge in [0.25, 0.3) is 0 Å². The molecule has 0 bridgehead atoms. The normalized spacial score (nSPS) is 10.6. The largest absolute Gasteiger partial charge is 0.480 e. The first kappa shape index (κ1) is 15.3. The lowest BCUT2D eigenvalue weighted by Crippen LogP contribution is -2.29. The molecule has 0 saturated heterocycles. The molecule has 0 fully saturated rings. The summed E-state index contributed by atoms with van der Waals surface area (Å²) in [5.74, 6) is 0.107. The number of nitrogens with zero attached hydrogens (tertiary/aromatic N) is 3. The Kier molecular flexibility index (Phi) is 5.16. The minimum atomic E-state index is -0.928. The third-order valence-electron chi connectivity index (χ3n) is 2.82. The van der Waals surface area contributed by atoms with E-state index in [2.05, 4.69) is 10.1 Å². The molecule has 0 aliphatic rings. The first-order valence-corrected chi connectivity index (χ1v) is 7.00. The SMILES string of the molecule is CCCc1nc(CN(CC(=O)O)c2ccc(Cl)cc2)no1. The molecule has 112 valence electrons. The van der Waals surface area contributed by atoms with E-state index in [9.17, 15) is 4.79 Å². The summed E-state index contributed by atoms with van der Waals surface area (Å²) in [5, 5.41) is 13.5. The molecule has 7 heteroatoms. The van der Waals surface area contributed by atoms with E-state index in [1.54, 1.807) is 29.2 Å². The molecule has 1 aromatic carbocycles. The fourth-order valence-electron chi connectivity index (χ4n) is 1.89. The van der Waals surface area contributed by atoms with Gasteiger partial charge in [-0.25, -0.2) is 0 Å². The molecule has 1 heterocycles. The number of aryl methyl sites for hydroxylation is 1. The third-order valence-corrected chi connectivity index (χ3v) is 3.08. The molecule has 0 atom stereocenters. The van der Waals surface area contributed by atoms with Crippen LogP contribution in [-0.4, -0.2) is 27.8 Å². The molecular weight excluding hydrogens is 294 g/mol. The van der Waals surface area contributed by atoms with Gasteiger partial charge in [-0.3, -0.25) is 4.79 Å². The summed E-state index contributed by atoms with van der Waals surface area (Å²) >= 11 is 5.85. The van der Waals surface area contributed by atoms with Crippen LogP contribution in [0.2, 0.25) is 5.02 Å². The number of aliphatic carboxylic acids is 1. The lowest BCUT2D eigenvalue weighted by Gasteiger charge is -2.21. The summed E-state index contributed by atoms with van der Waals surface area (Å²) in [7, 11) is 0. The van der Waals surface area contributed by atoms with Crippen molar-refractivity contribution in [1.29, 1.82) is 0 Å². The topological polar surface area (TPSA) is 79.5 Å². The van der Waals surface area contributed by atoms with Gasteiger partial charge in [-0.05, 0) is 30.7 Å². The Balaban J connectivity index is 2.15. The molecule has 0 spiro atoms. The Labute approximate surface area is 127 Å². The van der Waals surface area contributed by atoms with Crippen LogP contribution in [0.15, 0.2) is 28.8 Å². The predicted molar refractivity (Wildman–Crippen MR) is 78.4 cm³/mol. The van der Waals surface area contributed by atoms with E-state index in [0.717, 1.165) is 12.1 Å². The third kappa shape index (κ3) is 4.46. The molecule has 0 amide bonds. The van der Waals surface area contributed by atoms with E-state index in [4.69, 9.17) is 21.2 Å². The average molecular weight is 310 g/mol. The van der Waals surface area contributed by atoms with Gasteiger partial charge < -0.3 is 14.5 Å². The Morgan fingerprint density at radius 1 is 1.38 bits per heavy atom. The second-order valence-electron chi connectivity index (χ2n) is 4.58. The average Bonchev–Trinajstić information content (AvgIpc) is 2.86. The van der Waals surface area contributed by atoms with Crippen molar-refractivity contribution in [3.8, 4) is 0 Å². The molecule has 0 aliphatic heterocycles. The van der Waals surface area contributed by atoms with Crippen molar-refractivity contribution in [3.05, 3.63) is 41.0 Å². The number of aromatic nitrogens is 2. The molecule has 0 saturated carbocycles. The molecular formula is C14H16ClN3O3. The smallest absolute Gasteiger partial charge is 0.323 e. The van der Waals surface area contributed by atoms with Gasteiger partial charge >= 0.3 is 5.97 Å². The Morgan fingerprint density at radius 3 is 2.71 bits per heavy atom. The van der Waals surface area contributed by atoms with Crippen LogP contribution in [-0.2, 0) is 17.8 Å². The van der Waals surface area contributed by atoms with Crippen molar-refractivity contribution in [1.82, 2.24) is 10.1 Å². The molecule has 21 heavy (non-hydrogen) atoms. The standard InChI is InChI=1S/C14H16ClN3O3/c1-2-3-13-16-12(17-21-13)8-18(9-14(19)20)11-6-4-10(15)5-7-11/h4-7H,2-3,8-9H2,1H3,(H,19,20). The van der Waals surface area contributed by atoms with Gasteiger partial charge in [0, 0.05) is 17.1 Å². The Hall–Kier alpha value is -2.08. The van der Waals surface area contributed by atoms with Crippen LogP contribution in [0, 0.1) is 0 Å². The summed E-state index contributed by atoms with van der Waals surface area (Å²) in [6, 6.07) is 6.95. The summed E-state index contributed by atoms with van der Waals surface area (Å²) in [6.07, 6.45) is 1.63. The molecule has 0 aliphatic carbocycles. The molecule has 0 radical (unpaired) electrons. The maximum Gasteiger partial charge on any atom is 0.323 e. The maximum absolute atomic E-state index is 11.0. The van der Waals surface area contributed by atoms with Gasteiger partial charge in [-0.15, -0.1) is 0 Å². The lowest BCUT2D eigenvalue weighted by atomic mass is 10.2. The zero-order valence-electron chi connectivity index (χ0n) is 11.6. The zero-order chi connectivity index (χ0) is 15.2. The molecule has 2 aromatic rings. The van der Waals surface area contributed by atoms with Crippen molar-refractivity contribution in [2.24, 2.45) is 0 Å². The van der Waals surface area contributed by atoms with Gasteiger partial charge in [-0.2, -0.15) is 4.98 Å². The number of hydrogen-bond donors (Lipinski definition) is 1. The second-order valence-corrected chi connectivity index (χ2v) is 5.02. The number of carbonyl (C=O) groups is 1. The van der Waals surface area contributed by atoms with Crippen LogP contribution in [0.1, 0.15) is 25.1 Å². The van der Waals surface area contributed by atoms with Crippen molar-refractivity contribution < 1.29 is 14.4 Å². The van der Waals surface area contributed by atoms with Crippen LogP contribution >= 0.6 is 11.6 Å². The number of benzene rings is 1. The highest BCUT2D eigenvalue weighted by molar-refractivity contribution is 6.30. The second kappa shape index (κ2) is 7.08. The van der Waals surface area contributed by atoms with Crippen LogP contribution < -0.4 is 4.90 Å². The lowest BCUT2D eigenvalue weighted by molar-refractivity contribution is -0.135. The van der Waals surface area contributed by atoms with Crippen LogP contribution in [0.5, 0.6) is 0 Å². The van der Waals surface area contributed by atoms with Gasteiger partial charge in [0.05, 0.1) is 6.54 Å². The highest BCUT2D eigenvalue weighted by Crippen LogP contribution is 2.19. The number of halogens is 1. The van der Waals surface area contributed by atoms with Crippen molar-refractivity contribution in [2.75, 3.05) is 11.4 Å². The van der Waals surface area contributed by atoms with E-state index in [-0.39, 0.29) is 13.1 Å². The maximum atomic E-state index is 11.0. The van der Waals surface area contributed by atoms with Crippen LogP contribution in [0.4, 0.5) is 5.69 Å². The van der Waals surface area contributed by atoms with Gasteiger partial charge in [0.2, 0.25) is 5.89 Å². The summed E-state index contributed by atoms with van der Waals surface area (Å²) < 4.78 is 5.11. The summed E-state index contributed by atoms with van der Waals surface area (Å²) in [5.41, 5.74) is 0.739. The van der Waals surface area contributed by atoms with Gasteiger partial charge in [0.15, 0.2) is 5.82 Å². The molecule has 1 aromatic heterocycles. The predicted octanol–water partition coefficient (Wildman–Crippen LogP) is 2.77. The monoisotopic (exact) mass is 309 g/mol.